The highest BCUT2D eigenvalue weighted by Crippen LogP contribution is 2.23. The molecule has 9 heteroatoms. The lowest BCUT2D eigenvalue weighted by Crippen LogP contribution is -2.40. The van der Waals surface area contributed by atoms with E-state index in [1.807, 2.05) is 6.92 Å². The van der Waals surface area contributed by atoms with Gasteiger partial charge in [0.1, 0.15) is 0 Å². The van der Waals surface area contributed by atoms with Gasteiger partial charge < -0.3 is 14.8 Å². The summed E-state index contributed by atoms with van der Waals surface area (Å²) in [7, 11) is -3.67. The van der Waals surface area contributed by atoms with Gasteiger partial charge in [0.2, 0.25) is 10.0 Å². The minimum absolute atomic E-state index is 0.0540. The van der Waals surface area contributed by atoms with E-state index in [0.717, 1.165) is 0 Å². The van der Waals surface area contributed by atoms with Gasteiger partial charge in [-0.25, -0.2) is 8.42 Å². The second kappa shape index (κ2) is 9.49. The van der Waals surface area contributed by atoms with Crippen molar-refractivity contribution in [2.24, 2.45) is 0 Å². The first-order valence-corrected chi connectivity index (χ1v) is 10.0. The van der Waals surface area contributed by atoms with E-state index in [9.17, 15) is 13.2 Å². The summed E-state index contributed by atoms with van der Waals surface area (Å²) in [4.78, 5) is 12.3. The number of hydrogen-bond donors (Lipinski definition) is 1. The molecule has 7 nitrogen and oxygen atoms in total. The maximum absolute atomic E-state index is 12.7. The number of amides is 1. The number of ether oxygens (including phenoxy) is 2. The zero-order chi connectivity index (χ0) is 18.3. The van der Waals surface area contributed by atoms with Gasteiger partial charge in [-0.2, -0.15) is 4.31 Å². The van der Waals surface area contributed by atoms with Crippen LogP contribution in [0.15, 0.2) is 23.1 Å². The van der Waals surface area contributed by atoms with Gasteiger partial charge in [-0.05, 0) is 31.5 Å². The van der Waals surface area contributed by atoms with Crippen LogP contribution in [0.25, 0.3) is 0 Å². The number of hydrogen-bond acceptors (Lipinski definition) is 5. The van der Waals surface area contributed by atoms with Crippen molar-refractivity contribution in [3.05, 3.63) is 28.8 Å². The molecule has 25 heavy (non-hydrogen) atoms. The third-order valence-electron chi connectivity index (χ3n) is 3.75. The molecule has 1 fully saturated rings. The maximum atomic E-state index is 12.7. The van der Waals surface area contributed by atoms with Crippen molar-refractivity contribution >= 4 is 27.5 Å². The number of benzene rings is 1. The molecule has 0 unspecified atom stereocenters. The number of rotatable bonds is 8. The molecule has 1 heterocycles. The van der Waals surface area contributed by atoms with Gasteiger partial charge in [0.15, 0.2) is 0 Å². The Kier molecular flexibility index (Phi) is 7.64. The number of sulfonamides is 1. The van der Waals surface area contributed by atoms with E-state index >= 15 is 0 Å². The highest BCUT2D eigenvalue weighted by molar-refractivity contribution is 7.89. The summed E-state index contributed by atoms with van der Waals surface area (Å²) in [6, 6.07) is 4.17. The number of nitrogens with one attached hydrogen (secondary N) is 1. The average Bonchev–Trinajstić information content (AvgIpc) is 2.62. The normalized spacial score (nSPS) is 15.9. The van der Waals surface area contributed by atoms with Crippen molar-refractivity contribution in [2.45, 2.75) is 18.2 Å². The van der Waals surface area contributed by atoms with E-state index in [-0.39, 0.29) is 15.5 Å². The zero-order valence-electron chi connectivity index (χ0n) is 14.2. The number of carbonyl (C=O) groups excluding carboxylic acids is 1. The summed E-state index contributed by atoms with van der Waals surface area (Å²) in [6.07, 6.45) is 0.670. The predicted octanol–water partition coefficient (Wildman–Crippen LogP) is 1.52. The van der Waals surface area contributed by atoms with Crippen molar-refractivity contribution < 1.29 is 22.7 Å². The van der Waals surface area contributed by atoms with Crippen LogP contribution in [-0.4, -0.2) is 64.7 Å². The molecule has 0 radical (unpaired) electrons. The summed E-state index contributed by atoms with van der Waals surface area (Å²) >= 11 is 6.08. The molecule has 1 saturated heterocycles. The number of carbonyl (C=O) groups is 1. The van der Waals surface area contributed by atoms with E-state index in [0.29, 0.717) is 52.5 Å². The molecule has 0 atom stereocenters. The summed E-state index contributed by atoms with van der Waals surface area (Å²) < 4.78 is 37.1. The maximum Gasteiger partial charge on any atom is 0.252 e. The summed E-state index contributed by atoms with van der Waals surface area (Å²) in [6.45, 7) is 4.82. The molecule has 1 aromatic rings. The second-order valence-corrected chi connectivity index (χ2v) is 7.81. The Bertz CT molecular complexity index is 690. The number of nitrogens with zero attached hydrogens (tertiary/aromatic N) is 1. The lowest BCUT2D eigenvalue weighted by Gasteiger charge is -2.26. The van der Waals surface area contributed by atoms with Crippen LogP contribution in [0.4, 0.5) is 0 Å². The van der Waals surface area contributed by atoms with Crippen LogP contribution < -0.4 is 5.32 Å². The van der Waals surface area contributed by atoms with Crippen LogP contribution in [0.1, 0.15) is 23.7 Å². The molecule has 1 aliphatic rings. The fraction of sp³-hybridized carbons (Fsp3) is 0.562. The summed E-state index contributed by atoms with van der Waals surface area (Å²) in [5.74, 6) is -0.402. The van der Waals surface area contributed by atoms with Crippen molar-refractivity contribution in [3.8, 4) is 0 Å². The first kappa shape index (κ1) is 20.1. The molecule has 0 saturated carbocycles. The number of morpholine rings is 1. The van der Waals surface area contributed by atoms with Gasteiger partial charge >= 0.3 is 0 Å². The van der Waals surface area contributed by atoms with Crippen LogP contribution in [0.5, 0.6) is 0 Å². The third kappa shape index (κ3) is 5.39. The third-order valence-corrected chi connectivity index (χ3v) is 5.97. The zero-order valence-corrected chi connectivity index (χ0v) is 15.7. The molecule has 140 valence electrons. The van der Waals surface area contributed by atoms with Gasteiger partial charge in [-0.15, -0.1) is 0 Å². The Morgan fingerprint density at radius 1 is 1.36 bits per heavy atom. The van der Waals surface area contributed by atoms with Crippen molar-refractivity contribution in [1.82, 2.24) is 9.62 Å². The van der Waals surface area contributed by atoms with Crippen molar-refractivity contribution in [2.75, 3.05) is 46.1 Å². The van der Waals surface area contributed by atoms with E-state index in [1.54, 1.807) is 0 Å². The fourth-order valence-corrected chi connectivity index (χ4v) is 4.03. The smallest absolute Gasteiger partial charge is 0.252 e. The Balaban J connectivity index is 2.09. The minimum atomic E-state index is -3.67. The second-order valence-electron chi connectivity index (χ2n) is 5.46. The van der Waals surface area contributed by atoms with E-state index in [1.165, 1.54) is 22.5 Å². The van der Waals surface area contributed by atoms with E-state index in [2.05, 4.69) is 5.32 Å². The van der Waals surface area contributed by atoms with Gasteiger partial charge in [0.05, 0.1) is 28.7 Å². The molecule has 1 aromatic carbocycles. The van der Waals surface area contributed by atoms with E-state index < -0.39 is 15.9 Å². The Hall–Kier alpha value is -1.19. The van der Waals surface area contributed by atoms with Crippen LogP contribution in [0.3, 0.4) is 0 Å². The topological polar surface area (TPSA) is 84.9 Å². The molecule has 1 amide bonds. The Morgan fingerprint density at radius 3 is 2.76 bits per heavy atom. The Morgan fingerprint density at radius 2 is 2.08 bits per heavy atom. The molecule has 0 aromatic heterocycles. The van der Waals surface area contributed by atoms with Crippen LogP contribution in [-0.2, 0) is 19.5 Å². The van der Waals surface area contributed by atoms with Gasteiger partial charge in [-0.1, -0.05) is 11.6 Å². The SMILES string of the molecule is CCOCCCNC(=O)c1cc(S(=O)(=O)N2CCOCC2)ccc1Cl. The summed E-state index contributed by atoms with van der Waals surface area (Å²) in [5.41, 5.74) is 0.146. The average molecular weight is 391 g/mol. The molecule has 1 N–H and O–H groups in total. The standard InChI is InChI=1S/C16H23ClN2O5S/c1-2-23-9-3-6-18-16(20)14-12-13(4-5-15(14)17)25(21,22)19-7-10-24-11-8-19/h4-5,12H,2-3,6-11H2,1H3,(H,18,20). The van der Waals surface area contributed by atoms with E-state index in [4.69, 9.17) is 21.1 Å². The molecular weight excluding hydrogens is 368 g/mol. The molecule has 2 rings (SSSR count). The monoisotopic (exact) mass is 390 g/mol. The molecule has 1 aliphatic heterocycles. The lowest BCUT2D eigenvalue weighted by atomic mass is 10.2. The van der Waals surface area contributed by atoms with Crippen molar-refractivity contribution in [3.63, 3.8) is 0 Å². The quantitative estimate of drug-likeness (QED) is 0.680. The van der Waals surface area contributed by atoms with Gasteiger partial charge in [0.25, 0.3) is 5.91 Å². The minimum Gasteiger partial charge on any atom is -0.382 e. The fourth-order valence-electron chi connectivity index (χ4n) is 2.39. The first-order chi connectivity index (χ1) is 12.0. The van der Waals surface area contributed by atoms with Crippen LogP contribution in [0.2, 0.25) is 5.02 Å². The first-order valence-electron chi connectivity index (χ1n) is 8.20. The van der Waals surface area contributed by atoms with Gasteiger partial charge in [-0.3, -0.25) is 4.79 Å². The number of halogens is 1. The largest absolute Gasteiger partial charge is 0.382 e. The predicted molar refractivity (Wildman–Crippen MR) is 94.5 cm³/mol. The Labute approximate surface area is 153 Å². The lowest BCUT2D eigenvalue weighted by molar-refractivity contribution is 0.0730. The highest BCUT2D eigenvalue weighted by atomic mass is 35.5. The van der Waals surface area contributed by atoms with Gasteiger partial charge in [0, 0.05) is 32.8 Å². The summed E-state index contributed by atoms with van der Waals surface area (Å²) in [5, 5.41) is 2.94. The van der Waals surface area contributed by atoms with Crippen LogP contribution >= 0.6 is 11.6 Å². The molecule has 0 spiro atoms. The molecule has 0 aliphatic carbocycles. The molecular formula is C16H23ClN2O5S. The van der Waals surface area contributed by atoms with Crippen LogP contribution in [0, 0.1) is 0 Å². The van der Waals surface area contributed by atoms with Crippen molar-refractivity contribution in [1.29, 1.82) is 0 Å². The molecule has 0 bridgehead atoms. The highest BCUT2D eigenvalue weighted by Gasteiger charge is 2.27.